The zero-order valence-corrected chi connectivity index (χ0v) is 14.1. The van der Waals surface area contributed by atoms with Crippen LogP contribution in [0.5, 0.6) is 0 Å². The lowest BCUT2D eigenvalue weighted by atomic mass is 9.88. The van der Waals surface area contributed by atoms with Crippen LogP contribution in [-0.2, 0) is 7.05 Å². The van der Waals surface area contributed by atoms with Gasteiger partial charge in [-0.05, 0) is 49.1 Å². The summed E-state index contributed by atoms with van der Waals surface area (Å²) in [6.07, 6.45) is 4.51. The molecule has 1 atom stereocenters. The summed E-state index contributed by atoms with van der Waals surface area (Å²) in [4.78, 5) is 24.8. The van der Waals surface area contributed by atoms with Gasteiger partial charge in [0.05, 0.1) is 7.05 Å². The minimum absolute atomic E-state index is 0. The number of carbonyl (C=O) groups is 1. The summed E-state index contributed by atoms with van der Waals surface area (Å²) < 4.78 is 1.37. The van der Waals surface area contributed by atoms with Gasteiger partial charge < -0.3 is 20.3 Å². The van der Waals surface area contributed by atoms with Gasteiger partial charge in [0.25, 0.3) is 5.91 Å². The number of hydrogen-bond donors (Lipinski definition) is 1. The van der Waals surface area contributed by atoms with Gasteiger partial charge in [0, 0.05) is 25.2 Å². The SMILES string of the molecule is Cl.Cn1c(C(=O)N2CCC(C3CCCN3)CC2)ccc1[N+](=O)[O-]. The first-order chi connectivity index (χ1) is 10.6. The van der Waals surface area contributed by atoms with Gasteiger partial charge in [0.1, 0.15) is 0 Å². The maximum atomic E-state index is 12.6. The van der Waals surface area contributed by atoms with Gasteiger partial charge in [-0.25, -0.2) is 4.57 Å². The van der Waals surface area contributed by atoms with Crippen LogP contribution in [0.15, 0.2) is 12.1 Å². The maximum Gasteiger partial charge on any atom is 0.323 e. The van der Waals surface area contributed by atoms with E-state index in [0.717, 1.165) is 32.5 Å². The van der Waals surface area contributed by atoms with Gasteiger partial charge in [-0.3, -0.25) is 4.79 Å². The number of piperidine rings is 1. The summed E-state index contributed by atoms with van der Waals surface area (Å²) >= 11 is 0. The first-order valence-corrected chi connectivity index (χ1v) is 7.90. The fraction of sp³-hybridized carbons (Fsp3) is 0.667. The minimum Gasteiger partial charge on any atom is -0.358 e. The van der Waals surface area contributed by atoms with Gasteiger partial charge in [-0.2, -0.15) is 0 Å². The first-order valence-electron chi connectivity index (χ1n) is 7.90. The standard InChI is InChI=1S/C15H22N4O3.ClH/c1-17-13(4-5-14(17)19(21)22)15(20)18-9-6-11(7-10-18)12-3-2-8-16-12;/h4-5,11-12,16H,2-3,6-10H2,1H3;1H. The molecule has 0 spiro atoms. The molecule has 7 nitrogen and oxygen atoms in total. The molecule has 1 amide bonds. The Bertz CT molecular complexity index is 575. The van der Waals surface area contributed by atoms with Gasteiger partial charge in [-0.15, -0.1) is 12.4 Å². The zero-order chi connectivity index (χ0) is 15.7. The van der Waals surface area contributed by atoms with Crippen LogP contribution in [0.3, 0.4) is 0 Å². The molecule has 1 N–H and O–H groups in total. The fourth-order valence-corrected chi connectivity index (χ4v) is 3.68. The Morgan fingerprint density at radius 2 is 2.00 bits per heavy atom. The molecule has 0 bridgehead atoms. The van der Waals surface area contributed by atoms with E-state index in [-0.39, 0.29) is 24.1 Å². The lowest BCUT2D eigenvalue weighted by Gasteiger charge is -2.34. The molecule has 2 aliphatic heterocycles. The van der Waals surface area contributed by atoms with Crippen LogP contribution < -0.4 is 5.32 Å². The Morgan fingerprint density at radius 1 is 1.30 bits per heavy atom. The normalized spacial score (nSPS) is 22.0. The first kappa shape index (κ1) is 17.7. The van der Waals surface area contributed by atoms with E-state index in [4.69, 9.17) is 0 Å². The van der Waals surface area contributed by atoms with Crippen molar-refractivity contribution >= 4 is 24.1 Å². The molecule has 2 aliphatic rings. The van der Waals surface area contributed by atoms with E-state index in [0.29, 0.717) is 17.7 Å². The fourth-order valence-electron chi connectivity index (χ4n) is 3.68. The average molecular weight is 343 g/mol. The van der Waals surface area contributed by atoms with E-state index in [1.165, 1.54) is 23.5 Å². The third-order valence-electron chi connectivity index (χ3n) is 5.00. The van der Waals surface area contributed by atoms with Gasteiger partial charge in [-0.1, -0.05) is 0 Å². The van der Waals surface area contributed by atoms with Crippen LogP contribution in [0.1, 0.15) is 36.2 Å². The second kappa shape index (κ2) is 7.31. The lowest BCUT2D eigenvalue weighted by molar-refractivity contribution is -0.391. The van der Waals surface area contributed by atoms with Crippen molar-refractivity contribution in [2.45, 2.75) is 31.7 Å². The molecule has 1 unspecified atom stereocenters. The number of amides is 1. The number of rotatable bonds is 3. The number of likely N-dealkylation sites (tertiary alicyclic amines) is 1. The Hall–Kier alpha value is -1.60. The highest BCUT2D eigenvalue weighted by Gasteiger charge is 2.32. The van der Waals surface area contributed by atoms with Crippen molar-refractivity contribution in [3.8, 4) is 0 Å². The van der Waals surface area contributed by atoms with Gasteiger partial charge >= 0.3 is 5.82 Å². The summed E-state index contributed by atoms with van der Waals surface area (Å²) in [7, 11) is 1.57. The summed E-state index contributed by atoms with van der Waals surface area (Å²) in [5.41, 5.74) is 0.393. The Labute approximate surface area is 141 Å². The molecule has 2 fully saturated rings. The molecule has 2 saturated heterocycles. The van der Waals surface area contributed by atoms with Crippen molar-refractivity contribution in [3.05, 3.63) is 27.9 Å². The third kappa shape index (κ3) is 3.50. The molecule has 8 heteroatoms. The quantitative estimate of drug-likeness (QED) is 0.672. The molecule has 0 aliphatic carbocycles. The van der Waals surface area contributed by atoms with Crippen LogP contribution in [0, 0.1) is 16.0 Å². The van der Waals surface area contributed by atoms with E-state index in [1.807, 2.05) is 4.90 Å². The minimum atomic E-state index is -0.464. The van der Waals surface area contributed by atoms with Crippen LogP contribution in [0.4, 0.5) is 5.82 Å². The molecule has 0 radical (unpaired) electrons. The van der Waals surface area contributed by atoms with E-state index in [9.17, 15) is 14.9 Å². The second-order valence-electron chi connectivity index (χ2n) is 6.23. The third-order valence-corrected chi connectivity index (χ3v) is 5.00. The number of nitrogens with zero attached hydrogens (tertiary/aromatic N) is 3. The highest BCUT2D eigenvalue weighted by atomic mass is 35.5. The number of halogens is 1. The second-order valence-corrected chi connectivity index (χ2v) is 6.23. The van der Waals surface area contributed by atoms with Crippen molar-refractivity contribution in [1.29, 1.82) is 0 Å². The van der Waals surface area contributed by atoms with E-state index >= 15 is 0 Å². The van der Waals surface area contributed by atoms with Crippen LogP contribution >= 0.6 is 12.4 Å². The predicted octanol–water partition coefficient (Wildman–Crippen LogP) is 1.96. The monoisotopic (exact) mass is 342 g/mol. The van der Waals surface area contributed by atoms with E-state index < -0.39 is 4.92 Å². The van der Waals surface area contributed by atoms with E-state index in [1.54, 1.807) is 13.1 Å². The highest BCUT2D eigenvalue weighted by Crippen LogP contribution is 2.27. The summed E-state index contributed by atoms with van der Waals surface area (Å²) in [6, 6.07) is 3.54. The molecule has 1 aromatic heterocycles. The van der Waals surface area contributed by atoms with Crippen molar-refractivity contribution < 1.29 is 9.72 Å². The topological polar surface area (TPSA) is 80.4 Å². The molecule has 128 valence electrons. The highest BCUT2D eigenvalue weighted by molar-refractivity contribution is 5.93. The summed E-state index contributed by atoms with van der Waals surface area (Å²) in [5.74, 6) is 0.496. The number of hydrogen-bond acceptors (Lipinski definition) is 4. The smallest absolute Gasteiger partial charge is 0.323 e. The zero-order valence-electron chi connectivity index (χ0n) is 13.2. The Kier molecular flexibility index (Phi) is 5.64. The van der Waals surface area contributed by atoms with E-state index in [2.05, 4.69) is 5.32 Å². The van der Waals surface area contributed by atoms with Crippen molar-refractivity contribution in [2.24, 2.45) is 13.0 Å². The average Bonchev–Trinajstić information content (AvgIpc) is 3.16. The number of nitro groups is 1. The summed E-state index contributed by atoms with van der Waals surface area (Å²) in [6.45, 7) is 2.58. The van der Waals surface area contributed by atoms with Gasteiger partial charge in [0.2, 0.25) is 0 Å². The largest absolute Gasteiger partial charge is 0.358 e. The molecular weight excluding hydrogens is 320 g/mol. The molecule has 1 aromatic rings. The van der Waals surface area contributed by atoms with Crippen molar-refractivity contribution in [2.75, 3.05) is 19.6 Å². The molecule has 3 heterocycles. The van der Waals surface area contributed by atoms with Gasteiger partial charge in [0.15, 0.2) is 5.69 Å². The van der Waals surface area contributed by atoms with Crippen molar-refractivity contribution in [3.63, 3.8) is 0 Å². The Balaban J connectivity index is 0.00000192. The van der Waals surface area contributed by atoms with Crippen LogP contribution in [0.25, 0.3) is 0 Å². The van der Waals surface area contributed by atoms with Crippen LogP contribution in [-0.4, -0.2) is 46.0 Å². The number of nitrogens with one attached hydrogen (secondary N) is 1. The lowest BCUT2D eigenvalue weighted by Crippen LogP contribution is -2.43. The molecule has 3 rings (SSSR count). The number of carbonyl (C=O) groups excluding carboxylic acids is 1. The van der Waals surface area contributed by atoms with Crippen molar-refractivity contribution in [1.82, 2.24) is 14.8 Å². The molecule has 0 saturated carbocycles. The summed E-state index contributed by atoms with van der Waals surface area (Å²) in [5, 5.41) is 14.4. The number of aromatic nitrogens is 1. The molecule has 0 aromatic carbocycles. The van der Waals surface area contributed by atoms with Crippen LogP contribution in [0.2, 0.25) is 0 Å². The predicted molar refractivity (Wildman–Crippen MR) is 89.0 cm³/mol. The molecule has 23 heavy (non-hydrogen) atoms. The Morgan fingerprint density at radius 3 is 2.52 bits per heavy atom. The molecular formula is C15H23ClN4O3. The maximum absolute atomic E-state index is 12.6.